The van der Waals surface area contributed by atoms with Crippen molar-refractivity contribution >= 4 is 0 Å². The predicted molar refractivity (Wildman–Crippen MR) is 62.0 cm³/mol. The summed E-state index contributed by atoms with van der Waals surface area (Å²) in [5, 5.41) is 3.55. The minimum absolute atomic E-state index is 0.436. The zero-order valence-corrected chi connectivity index (χ0v) is 9.37. The molecule has 3 rings (SSSR count). The van der Waals surface area contributed by atoms with Gasteiger partial charge in [-0.25, -0.2) is 0 Å². The van der Waals surface area contributed by atoms with Crippen LogP contribution in [0.2, 0.25) is 0 Å². The highest BCUT2D eigenvalue weighted by atomic mass is 16.6. The fourth-order valence-corrected chi connectivity index (χ4v) is 2.49. The summed E-state index contributed by atoms with van der Waals surface area (Å²) in [5.41, 5.74) is 1.26. The number of ether oxygens (including phenoxy) is 2. The lowest BCUT2D eigenvalue weighted by Gasteiger charge is -2.28. The van der Waals surface area contributed by atoms with Gasteiger partial charge in [0.1, 0.15) is 13.2 Å². The van der Waals surface area contributed by atoms with Crippen LogP contribution in [0.4, 0.5) is 0 Å². The second kappa shape index (κ2) is 4.34. The molecule has 2 heterocycles. The molecule has 1 aromatic rings. The number of hydrogen-bond donors (Lipinski definition) is 1. The van der Waals surface area contributed by atoms with Crippen LogP contribution in [0.15, 0.2) is 18.2 Å². The molecule has 0 aromatic heterocycles. The third-order valence-electron chi connectivity index (χ3n) is 3.28. The van der Waals surface area contributed by atoms with E-state index in [-0.39, 0.29) is 0 Å². The van der Waals surface area contributed by atoms with Gasteiger partial charge in [-0.05, 0) is 25.5 Å². The minimum atomic E-state index is 0.436. The number of nitrogens with one attached hydrogen (secondary N) is 1. The van der Waals surface area contributed by atoms with Gasteiger partial charge in [-0.15, -0.1) is 0 Å². The fourth-order valence-electron chi connectivity index (χ4n) is 2.49. The maximum Gasteiger partial charge on any atom is 0.166 e. The highest BCUT2D eigenvalue weighted by molar-refractivity contribution is 5.49. The molecule has 0 saturated carbocycles. The van der Waals surface area contributed by atoms with E-state index in [1.54, 1.807) is 0 Å². The van der Waals surface area contributed by atoms with Crippen LogP contribution < -0.4 is 14.8 Å². The molecule has 0 bridgehead atoms. The van der Waals surface area contributed by atoms with Gasteiger partial charge >= 0.3 is 0 Å². The van der Waals surface area contributed by atoms with Gasteiger partial charge in [0.15, 0.2) is 11.5 Å². The highest BCUT2D eigenvalue weighted by Gasteiger charge is 2.22. The molecule has 1 fully saturated rings. The Bertz CT molecular complexity index is 372. The van der Waals surface area contributed by atoms with Crippen molar-refractivity contribution < 1.29 is 9.47 Å². The van der Waals surface area contributed by atoms with E-state index in [9.17, 15) is 0 Å². The van der Waals surface area contributed by atoms with Gasteiger partial charge in [0.25, 0.3) is 0 Å². The molecule has 0 unspecified atom stereocenters. The van der Waals surface area contributed by atoms with E-state index in [0.717, 1.165) is 18.0 Å². The third-order valence-corrected chi connectivity index (χ3v) is 3.28. The van der Waals surface area contributed by atoms with E-state index in [0.29, 0.717) is 19.3 Å². The van der Waals surface area contributed by atoms with Crippen LogP contribution >= 0.6 is 0 Å². The zero-order valence-electron chi connectivity index (χ0n) is 9.37. The van der Waals surface area contributed by atoms with E-state index in [1.165, 1.54) is 24.8 Å². The number of rotatable bonds is 1. The number of benzene rings is 1. The molecule has 1 atom stereocenters. The van der Waals surface area contributed by atoms with E-state index in [2.05, 4.69) is 17.4 Å². The predicted octanol–water partition coefficient (Wildman–Crippen LogP) is 2.27. The van der Waals surface area contributed by atoms with Crippen molar-refractivity contribution in [2.45, 2.75) is 25.3 Å². The monoisotopic (exact) mass is 219 g/mol. The molecular weight excluding hydrogens is 202 g/mol. The van der Waals surface area contributed by atoms with Crippen molar-refractivity contribution in [3.63, 3.8) is 0 Å². The van der Waals surface area contributed by atoms with E-state index < -0.39 is 0 Å². The first-order valence-corrected chi connectivity index (χ1v) is 6.07. The molecule has 0 radical (unpaired) electrons. The van der Waals surface area contributed by atoms with Gasteiger partial charge in [0.2, 0.25) is 0 Å². The molecule has 86 valence electrons. The lowest BCUT2D eigenvalue weighted by molar-refractivity contribution is 0.168. The van der Waals surface area contributed by atoms with Gasteiger partial charge in [-0.3, -0.25) is 0 Å². The summed E-state index contributed by atoms with van der Waals surface area (Å²) >= 11 is 0. The maximum absolute atomic E-state index is 5.74. The summed E-state index contributed by atoms with van der Waals surface area (Å²) in [6.45, 7) is 2.43. The van der Waals surface area contributed by atoms with Crippen LogP contribution in [0, 0.1) is 0 Å². The Morgan fingerprint density at radius 1 is 1.12 bits per heavy atom. The average Bonchev–Trinajstić information content (AvgIpc) is 2.39. The number of fused-ring (bicyclic) bond motifs is 1. The van der Waals surface area contributed by atoms with Crippen LogP contribution in [0.3, 0.4) is 0 Å². The molecule has 0 aliphatic carbocycles. The first kappa shape index (κ1) is 9.97. The van der Waals surface area contributed by atoms with Gasteiger partial charge < -0.3 is 14.8 Å². The quantitative estimate of drug-likeness (QED) is 0.786. The highest BCUT2D eigenvalue weighted by Crippen LogP contribution is 2.38. The minimum Gasteiger partial charge on any atom is -0.486 e. The Labute approximate surface area is 95.8 Å². The number of piperidine rings is 1. The standard InChI is InChI=1S/C13H17NO2/c1-2-7-14-11(5-1)10-4-3-6-12-13(10)16-9-8-15-12/h3-4,6,11,14H,1-2,5,7-9H2/t11-/m1/s1. The second-order valence-electron chi connectivity index (χ2n) is 4.37. The van der Waals surface area contributed by atoms with Gasteiger partial charge in [-0.2, -0.15) is 0 Å². The Kier molecular flexibility index (Phi) is 2.70. The van der Waals surface area contributed by atoms with Gasteiger partial charge in [0, 0.05) is 11.6 Å². The first-order valence-electron chi connectivity index (χ1n) is 6.07. The Morgan fingerprint density at radius 2 is 2.06 bits per heavy atom. The van der Waals surface area contributed by atoms with Crippen molar-refractivity contribution in [3.05, 3.63) is 23.8 Å². The van der Waals surface area contributed by atoms with Crippen molar-refractivity contribution in [2.24, 2.45) is 0 Å². The maximum atomic E-state index is 5.74. The summed E-state index contributed by atoms with van der Waals surface area (Å²) in [7, 11) is 0. The molecule has 0 amide bonds. The molecule has 1 saturated heterocycles. The Balaban J connectivity index is 1.93. The summed E-state index contributed by atoms with van der Waals surface area (Å²) in [4.78, 5) is 0. The molecule has 2 aliphatic heterocycles. The normalized spacial score (nSPS) is 24.1. The van der Waals surface area contributed by atoms with Crippen molar-refractivity contribution in [1.29, 1.82) is 0 Å². The molecule has 3 nitrogen and oxygen atoms in total. The van der Waals surface area contributed by atoms with E-state index in [4.69, 9.17) is 9.47 Å². The first-order chi connectivity index (χ1) is 7.95. The van der Waals surface area contributed by atoms with Crippen molar-refractivity contribution in [1.82, 2.24) is 5.32 Å². The van der Waals surface area contributed by atoms with Crippen LogP contribution in [0.5, 0.6) is 11.5 Å². The van der Waals surface area contributed by atoms with E-state index in [1.807, 2.05) is 6.07 Å². The fraction of sp³-hybridized carbons (Fsp3) is 0.538. The molecule has 0 spiro atoms. The lowest BCUT2D eigenvalue weighted by Crippen LogP contribution is -2.28. The van der Waals surface area contributed by atoms with Crippen LogP contribution in [0.25, 0.3) is 0 Å². The molecule has 3 heteroatoms. The van der Waals surface area contributed by atoms with Crippen LogP contribution in [0.1, 0.15) is 30.9 Å². The van der Waals surface area contributed by atoms with Gasteiger partial charge in [-0.1, -0.05) is 18.6 Å². The number of para-hydroxylation sites is 1. The van der Waals surface area contributed by atoms with Crippen molar-refractivity contribution in [3.8, 4) is 11.5 Å². The molecular formula is C13H17NO2. The summed E-state index contributed by atoms with van der Waals surface area (Å²) < 4.78 is 11.3. The topological polar surface area (TPSA) is 30.5 Å². The molecule has 1 N–H and O–H groups in total. The molecule has 2 aliphatic rings. The summed E-state index contributed by atoms with van der Waals surface area (Å²) in [6, 6.07) is 6.63. The zero-order chi connectivity index (χ0) is 10.8. The number of hydrogen-bond acceptors (Lipinski definition) is 3. The molecule has 16 heavy (non-hydrogen) atoms. The Hall–Kier alpha value is -1.22. The SMILES string of the molecule is c1cc2c(c([C@H]3CCCCN3)c1)OCCO2. The third kappa shape index (κ3) is 1.76. The van der Waals surface area contributed by atoms with Crippen LogP contribution in [-0.4, -0.2) is 19.8 Å². The summed E-state index contributed by atoms with van der Waals surface area (Å²) in [5.74, 6) is 1.85. The van der Waals surface area contributed by atoms with Gasteiger partial charge in [0.05, 0.1) is 0 Å². The second-order valence-corrected chi connectivity index (χ2v) is 4.37. The largest absolute Gasteiger partial charge is 0.486 e. The smallest absolute Gasteiger partial charge is 0.166 e. The van der Waals surface area contributed by atoms with Crippen molar-refractivity contribution in [2.75, 3.05) is 19.8 Å². The average molecular weight is 219 g/mol. The molecule has 1 aromatic carbocycles. The van der Waals surface area contributed by atoms with Crippen LogP contribution in [-0.2, 0) is 0 Å². The Morgan fingerprint density at radius 3 is 2.94 bits per heavy atom. The lowest BCUT2D eigenvalue weighted by atomic mass is 9.96. The van der Waals surface area contributed by atoms with E-state index >= 15 is 0 Å². The summed E-state index contributed by atoms with van der Waals surface area (Å²) in [6.07, 6.45) is 3.77.